The number of carbonyl (C=O) groups excluding carboxylic acids is 1. The van der Waals surface area contributed by atoms with Crippen LogP contribution in [0.5, 0.6) is 0 Å². The molecule has 1 unspecified atom stereocenters. The number of aromatic nitrogens is 4. The largest absolute Gasteiger partial charge is 0.338 e. The molecule has 1 aliphatic heterocycles. The Morgan fingerprint density at radius 1 is 1.20 bits per heavy atom. The molecule has 0 saturated carbocycles. The van der Waals surface area contributed by atoms with Crippen molar-refractivity contribution in [3.63, 3.8) is 0 Å². The standard InChI is InChI=1S/C18H28N6O/c1-5-23-13-17(15(3)20-23)12-21-8-10-22(11-9-21)18(25)16(4)24-7-6-14(2)19-24/h6-7,13,16H,5,8-12H2,1-4H3. The maximum atomic E-state index is 12.7. The summed E-state index contributed by atoms with van der Waals surface area (Å²) in [5, 5.41) is 8.88. The number of hydrogen-bond acceptors (Lipinski definition) is 4. The number of aryl methyl sites for hydroxylation is 3. The fourth-order valence-electron chi connectivity index (χ4n) is 3.27. The maximum Gasteiger partial charge on any atom is 0.247 e. The zero-order valence-electron chi connectivity index (χ0n) is 15.6. The van der Waals surface area contributed by atoms with Gasteiger partial charge in [0.05, 0.1) is 11.4 Å². The molecule has 0 N–H and O–H groups in total. The van der Waals surface area contributed by atoms with Gasteiger partial charge in [-0.05, 0) is 33.8 Å². The van der Waals surface area contributed by atoms with Gasteiger partial charge in [-0.25, -0.2) is 0 Å². The third-order valence-electron chi connectivity index (χ3n) is 4.95. The second-order valence-electron chi connectivity index (χ2n) is 6.81. The van der Waals surface area contributed by atoms with Gasteiger partial charge in [-0.1, -0.05) is 0 Å². The zero-order valence-corrected chi connectivity index (χ0v) is 15.6. The van der Waals surface area contributed by atoms with Gasteiger partial charge >= 0.3 is 0 Å². The van der Waals surface area contributed by atoms with E-state index < -0.39 is 0 Å². The molecule has 1 aliphatic rings. The monoisotopic (exact) mass is 344 g/mol. The number of nitrogens with zero attached hydrogens (tertiary/aromatic N) is 6. The van der Waals surface area contributed by atoms with E-state index in [-0.39, 0.29) is 11.9 Å². The lowest BCUT2D eigenvalue weighted by Crippen LogP contribution is -2.50. The average Bonchev–Trinajstić information content (AvgIpc) is 3.20. The van der Waals surface area contributed by atoms with E-state index in [2.05, 4.69) is 35.1 Å². The van der Waals surface area contributed by atoms with Crippen molar-refractivity contribution in [2.24, 2.45) is 0 Å². The molecule has 1 saturated heterocycles. The summed E-state index contributed by atoms with van der Waals surface area (Å²) >= 11 is 0. The first-order valence-corrected chi connectivity index (χ1v) is 9.03. The molecule has 7 heteroatoms. The minimum atomic E-state index is -0.245. The third kappa shape index (κ3) is 3.92. The van der Waals surface area contributed by atoms with Gasteiger partial charge in [0, 0.05) is 57.2 Å². The zero-order chi connectivity index (χ0) is 18.0. The summed E-state index contributed by atoms with van der Waals surface area (Å²) in [5.41, 5.74) is 3.32. The average molecular weight is 344 g/mol. The summed E-state index contributed by atoms with van der Waals surface area (Å²) in [6, 6.07) is 1.69. The summed E-state index contributed by atoms with van der Waals surface area (Å²) in [5.74, 6) is 0.151. The lowest BCUT2D eigenvalue weighted by atomic mass is 10.2. The molecule has 0 aromatic carbocycles. The summed E-state index contributed by atoms with van der Waals surface area (Å²) in [6.07, 6.45) is 4.01. The fourth-order valence-corrected chi connectivity index (χ4v) is 3.27. The van der Waals surface area contributed by atoms with Crippen LogP contribution in [0.4, 0.5) is 0 Å². The van der Waals surface area contributed by atoms with Gasteiger partial charge in [0.1, 0.15) is 6.04 Å². The Bertz CT molecular complexity index is 726. The Kier molecular flexibility index (Phi) is 5.22. The minimum absolute atomic E-state index is 0.151. The topological polar surface area (TPSA) is 59.2 Å². The number of amides is 1. The van der Waals surface area contributed by atoms with Gasteiger partial charge in [0.2, 0.25) is 5.91 Å². The van der Waals surface area contributed by atoms with E-state index in [1.165, 1.54) is 5.56 Å². The van der Waals surface area contributed by atoms with Gasteiger partial charge in [0.25, 0.3) is 0 Å². The number of carbonyl (C=O) groups is 1. The van der Waals surface area contributed by atoms with Crippen LogP contribution in [0.15, 0.2) is 18.5 Å². The highest BCUT2D eigenvalue weighted by atomic mass is 16.2. The highest BCUT2D eigenvalue weighted by molar-refractivity contribution is 5.80. The molecule has 0 bridgehead atoms. The van der Waals surface area contributed by atoms with Crippen molar-refractivity contribution >= 4 is 5.91 Å². The van der Waals surface area contributed by atoms with Crippen LogP contribution in [-0.2, 0) is 17.9 Å². The molecule has 2 aromatic rings. The van der Waals surface area contributed by atoms with Crippen LogP contribution in [0.3, 0.4) is 0 Å². The lowest BCUT2D eigenvalue weighted by molar-refractivity contribution is -0.136. The van der Waals surface area contributed by atoms with Crippen LogP contribution in [-0.4, -0.2) is 61.4 Å². The molecule has 3 heterocycles. The Morgan fingerprint density at radius 2 is 1.92 bits per heavy atom. The van der Waals surface area contributed by atoms with E-state index >= 15 is 0 Å². The van der Waals surface area contributed by atoms with Crippen molar-refractivity contribution in [2.75, 3.05) is 26.2 Å². The Hall–Kier alpha value is -2.15. The highest BCUT2D eigenvalue weighted by Crippen LogP contribution is 2.15. The quantitative estimate of drug-likeness (QED) is 0.827. The second-order valence-corrected chi connectivity index (χ2v) is 6.81. The molecule has 136 valence electrons. The Morgan fingerprint density at radius 3 is 2.48 bits per heavy atom. The van der Waals surface area contributed by atoms with Crippen molar-refractivity contribution in [1.29, 1.82) is 0 Å². The van der Waals surface area contributed by atoms with Crippen LogP contribution < -0.4 is 0 Å². The Balaban J connectivity index is 1.54. The number of hydrogen-bond donors (Lipinski definition) is 0. The smallest absolute Gasteiger partial charge is 0.247 e. The van der Waals surface area contributed by atoms with Gasteiger partial charge in [-0.2, -0.15) is 10.2 Å². The van der Waals surface area contributed by atoms with Crippen molar-refractivity contribution in [2.45, 2.75) is 46.8 Å². The van der Waals surface area contributed by atoms with Crippen molar-refractivity contribution in [3.05, 3.63) is 35.4 Å². The molecule has 7 nitrogen and oxygen atoms in total. The molecule has 1 amide bonds. The van der Waals surface area contributed by atoms with E-state index in [1.807, 2.05) is 35.7 Å². The molecule has 3 rings (SSSR count). The third-order valence-corrected chi connectivity index (χ3v) is 4.95. The minimum Gasteiger partial charge on any atom is -0.338 e. The van der Waals surface area contributed by atoms with Crippen LogP contribution in [0.2, 0.25) is 0 Å². The molecule has 0 radical (unpaired) electrons. The highest BCUT2D eigenvalue weighted by Gasteiger charge is 2.26. The molecule has 25 heavy (non-hydrogen) atoms. The molecule has 1 atom stereocenters. The van der Waals surface area contributed by atoms with Crippen molar-refractivity contribution < 1.29 is 4.79 Å². The van der Waals surface area contributed by atoms with Gasteiger partial charge < -0.3 is 4.90 Å². The normalized spacial score (nSPS) is 17.0. The molecule has 2 aromatic heterocycles. The first-order chi connectivity index (χ1) is 12.0. The van der Waals surface area contributed by atoms with Gasteiger partial charge in [0.15, 0.2) is 0 Å². The molecular weight excluding hydrogens is 316 g/mol. The summed E-state index contributed by atoms with van der Waals surface area (Å²) in [4.78, 5) is 17.1. The van der Waals surface area contributed by atoms with Crippen molar-refractivity contribution in [1.82, 2.24) is 29.4 Å². The summed E-state index contributed by atoms with van der Waals surface area (Å²) in [6.45, 7) is 13.2. The van der Waals surface area contributed by atoms with E-state index in [9.17, 15) is 4.79 Å². The predicted octanol–water partition coefficient (Wildman–Crippen LogP) is 1.62. The number of piperazine rings is 1. The molecule has 1 fully saturated rings. The van der Waals surface area contributed by atoms with Crippen LogP contribution in [0.25, 0.3) is 0 Å². The first-order valence-electron chi connectivity index (χ1n) is 9.03. The lowest BCUT2D eigenvalue weighted by Gasteiger charge is -2.35. The summed E-state index contributed by atoms with van der Waals surface area (Å²) < 4.78 is 3.74. The second kappa shape index (κ2) is 7.39. The van der Waals surface area contributed by atoms with Gasteiger partial charge in [-0.15, -0.1) is 0 Å². The van der Waals surface area contributed by atoms with E-state index in [0.29, 0.717) is 0 Å². The van der Waals surface area contributed by atoms with E-state index in [4.69, 9.17) is 0 Å². The molecule has 0 aliphatic carbocycles. The fraction of sp³-hybridized carbons (Fsp3) is 0.611. The first kappa shape index (κ1) is 17.7. The summed E-state index contributed by atoms with van der Waals surface area (Å²) in [7, 11) is 0. The van der Waals surface area contributed by atoms with Crippen LogP contribution in [0, 0.1) is 13.8 Å². The maximum absolute atomic E-state index is 12.7. The predicted molar refractivity (Wildman–Crippen MR) is 96.2 cm³/mol. The molecular formula is C18H28N6O. The SMILES string of the molecule is CCn1cc(CN2CCN(C(=O)C(C)n3ccc(C)n3)CC2)c(C)n1. The van der Waals surface area contributed by atoms with Crippen LogP contribution >= 0.6 is 0 Å². The van der Waals surface area contributed by atoms with Gasteiger partial charge in [-0.3, -0.25) is 19.1 Å². The van der Waals surface area contributed by atoms with Crippen LogP contribution in [0.1, 0.15) is 36.8 Å². The van der Waals surface area contributed by atoms with Crippen molar-refractivity contribution in [3.8, 4) is 0 Å². The Labute approximate surface area is 149 Å². The van der Waals surface area contributed by atoms with E-state index in [1.54, 1.807) is 4.68 Å². The number of rotatable bonds is 5. The molecule has 0 spiro atoms. The van der Waals surface area contributed by atoms with E-state index in [0.717, 1.165) is 50.7 Å².